The Morgan fingerprint density at radius 3 is 2.08 bits per heavy atom. The van der Waals surface area contributed by atoms with Crippen LogP contribution in [0.15, 0.2) is 48.8 Å². The van der Waals surface area contributed by atoms with Crippen LogP contribution in [0, 0.1) is 6.92 Å². The number of aromatic nitrogens is 1. The van der Waals surface area contributed by atoms with Crippen molar-refractivity contribution < 1.29 is 9.59 Å². The lowest BCUT2D eigenvalue weighted by Crippen LogP contribution is -2.78. The predicted molar refractivity (Wildman–Crippen MR) is 97.5 cm³/mol. The molecule has 2 bridgehead atoms. The van der Waals surface area contributed by atoms with E-state index in [9.17, 15) is 9.59 Å². The molecule has 6 rings (SSSR count). The summed E-state index contributed by atoms with van der Waals surface area (Å²) in [6.45, 7) is 2.05. The highest BCUT2D eigenvalue weighted by Crippen LogP contribution is 2.70. The van der Waals surface area contributed by atoms with Crippen LogP contribution >= 0.6 is 0 Å². The molecule has 0 radical (unpaired) electrons. The molecule has 4 heteroatoms. The molecule has 1 aromatic carbocycles. The minimum absolute atomic E-state index is 0.00912. The maximum absolute atomic E-state index is 12.9. The lowest BCUT2D eigenvalue weighted by atomic mass is 9.36. The van der Waals surface area contributed by atoms with Gasteiger partial charge < -0.3 is 0 Å². The van der Waals surface area contributed by atoms with Crippen LogP contribution in [0.5, 0.6) is 0 Å². The molecule has 3 aliphatic carbocycles. The van der Waals surface area contributed by atoms with E-state index in [0.29, 0.717) is 12.8 Å². The number of amides is 2. The van der Waals surface area contributed by atoms with Gasteiger partial charge in [0.2, 0.25) is 11.8 Å². The van der Waals surface area contributed by atoms with Crippen molar-refractivity contribution in [3.63, 3.8) is 0 Å². The fourth-order valence-corrected chi connectivity index (χ4v) is 5.40. The van der Waals surface area contributed by atoms with E-state index >= 15 is 0 Å². The van der Waals surface area contributed by atoms with Crippen LogP contribution < -0.4 is 0 Å². The molecule has 0 spiro atoms. The number of imide groups is 1. The number of hydrogen-bond acceptors (Lipinski definition) is 3. The number of rotatable bonds is 3. The Hall–Kier alpha value is -2.49. The molecule has 1 saturated heterocycles. The van der Waals surface area contributed by atoms with Crippen molar-refractivity contribution in [2.75, 3.05) is 0 Å². The van der Waals surface area contributed by atoms with Gasteiger partial charge in [-0.25, -0.2) is 0 Å². The third-order valence-corrected chi connectivity index (χ3v) is 6.66. The maximum Gasteiger partial charge on any atom is 0.230 e. The van der Waals surface area contributed by atoms with Gasteiger partial charge in [0.15, 0.2) is 0 Å². The topological polar surface area (TPSA) is 50.3 Å². The molecule has 2 aromatic rings. The Labute approximate surface area is 153 Å². The summed E-state index contributed by atoms with van der Waals surface area (Å²) >= 11 is 0. The molecule has 4 fully saturated rings. The second-order valence-electron chi connectivity index (χ2n) is 8.41. The van der Waals surface area contributed by atoms with E-state index in [1.165, 1.54) is 11.1 Å². The first-order chi connectivity index (χ1) is 12.5. The Morgan fingerprint density at radius 1 is 0.923 bits per heavy atom. The summed E-state index contributed by atoms with van der Waals surface area (Å²) in [7, 11) is 0. The Bertz CT molecular complexity index is 850. The van der Waals surface area contributed by atoms with E-state index in [-0.39, 0.29) is 28.7 Å². The van der Waals surface area contributed by atoms with Crippen LogP contribution in [0.25, 0.3) is 0 Å². The van der Waals surface area contributed by atoms with Gasteiger partial charge in [-0.3, -0.25) is 19.5 Å². The summed E-state index contributed by atoms with van der Waals surface area (Å²) in [4.78, 5) is 31.4. The number of pyridine rings is 1. The quantitative estimate of drug-likeness (QED) is 0.799. The van der Waals surface area contributed by atoms with Crippen LogP contribution in [-0.4, -0.2) is 27.2 Å². The number of carbonyl (C=O) groups is 2. The SMILES string of the molecule is Cc1ccc(C2CC(=O)N(C34CC(c5ccncc5)(C3)C4)C(=O)C2)cc1. The van der Waals surface area contributed by atoms with Gasteiger partial charge in [0.05, 0.1) is 5.54 Å². The second kappa shape index (κ2) is 5.26. The zero-order valence-electron chi connectivity index (χ0n) is 14.9. The first-order valence-corrected chi connectivity index (χ1v) is 9.34. The summed E-state index contributed by atoms with van der Waals surface area (Å²) in [5, 5.41) is 0. The van der Waals surface area contributed by atoms with Gasteiger partial charge in [0.25, 0.3) is 0 Å². The van der Waals surface area contributed by atoms with E-state index < -0.39 is 0 Å². The molecule has 1 aromatic heterocycles. The van der Waals surface area contributed by atoms with Gasteiger partial charge in [-0.1, -0.05) is 29.8 Å². The van der Waals surface area contributed by atoms with Crippen molar-refractivity contribution >= 4 is 11.8 Å². The molecule has 3 saturated carbocycles. The molecule has 2 heterocycles. The molecular formula is C22H22N2O2. The third kappa shape index (κ3) is 2.11. The van der Waals surface area contributed by atoms with Crippen molar-refractivity contribution in [3.8, 4) is 0 Å². The molecule has 1 aliphatic heterocycles. The van der Waals surface area contributed by atoms with Crippen LogP contribution in [0.3, 0.4) is 0 Å². The fourth-order valence-electron chi connectivity index (χ4n) is 5.40. The zero-order valence-corrected chi connectivity index (χ0v) is 14.9. The van der Waals surface area contributed by atoms with Crippen LogP contribution in [0.4, 0.5) is 0 Å². The minimum Gasteiger partial charge on any atom is -0.276 e. The molecule has 0 unspecified atom stereocenters. The largest absolute Gasteiger partial charge is 0.276 e. The van der Waals surface area contributed by atoms with E-state index in [1.54, 1.807) is 4.90 Å². The van der Waals surface area contributed by atoms with E-state index in [2.05, 4.69) is 41.4 Å². The number of likely N-dealkylation sites (tertiary alicyclic amines) is 1. The zero-order chi connectivity index (χ0) is 17.9. The third-order valence-electron chi connectivity index (χ3n) is 6.66. The molecule has 2 amide bonds. The number of piperidine rings is 1. The smallest absolute Gasteiger partial charge is 0.230 e. The van der Waals surface area contributed by atoms with E-state index in [1.807, 2.05) is 19.3 Å². The Balaban J connectivity index is 1.32. The van der Waals surface area contributed by atoms with Gasteiger partial charge >= 0.3 is 0 Å². The summed E-state index contributed by atoms with van der Waals surface area (Å²) < 4.78 is 0. The van der Waals surface area contributed by atoms with Gasteiger partial charge in [-0.15, -0.1) is 0 Å². The summed E-state index contributed by atoms with van der Waals surface area (Å²) in [6, 6.07) is 12.3. The molecule has 4 aliphatic rings. The van der Waals surface area contributed by atoms with Gasteiger partial charge in [0, 0.05) is 36.6 Å². The molecular weight excluding hydrogens is 324 g/mol. The normalized spacial score (nSPS) is 30.7. The molecule has 4 nitrogen and oxygen atoms in total. The monoisotopic (exact) mass is 346 g/mol. The summed E-state index contributed by atoms with van der Waals surface area (Å²) in [5.41, 5.74) is 3.54. The van der Waals surface area contributed by atoms with Gasteiger partial charge in [-0.2, -0.15) is 0 Å². The summed E-state index contributed by atoms with van der Waals surface area (Å²) in [6.07, 6.45) is 7.28. The molecule has 26 heavy (non-hydrogen) atoms. The van der Waals surface area contributed by atoms with E-state index in [4.69, 9.17) is 0 Å². The number of carbonyl (C=O) groups excluding carboxylic acids is 2. The fraction of sp³-hybridized carbons (Fsp3) is 0.409. The Kier molecular flexibility index (Phi) is 3.18. The average Bonchev–Trinajstić information content (AvgIpc) is 2.56. The molecule has 0 atom stereocenters. The van der Waals surface area contributed by atoms with E-state index in [0.717, 1.165) is 24.8 Å². The number of nitrogens with zero attached hydrogens (tertiary/aromatic N) is 2. The van der Waals surface area contributed by atoms with Crippen molar-refractivity contribution in [2.45, 2.75) is 55.9 Å². The summed E-state index contributed by atoms with van der Waals surface area (Å²) in [5.74, 6) is 0.0399. The van der Waals surface area contributed by atoms with Crippen LogP contribution in [0.2, 0.25) is 0 Å². The average molecular weight is 346 g/mol. The number of benzene rings is 1. The predicted octanol–water partition coefficient (Wildman–Crippen LogP) is 3.50. The molecule has 0 N–H and O–H groups in total. The number of hydrogen-bond donors (Lipinski definition) is 0. The van der Waals surface area contributed by atoms with Crippen molar-refractivity contribution in [1.82, 2.24) is 9.88 Å². The highest BCUT2D eigenvalue weighted by molar-refractivity contribution is 6.00. The number of aryl methyl sites for hydroxylation is 1. The minimum atomic E-state index is -0.213. The standard InChI is InChI=1S/C22H22N2O2/c1-15-2-4-16(5-3-15)17-10-19(25)24(20(26)11-17)22-12-21(13-22,14-22)18-6-8-23-9-7-18/h2-9,17H,10-14H2,1H3. The lowest BCUT2D eigenvalue weighted by molar-refractivity contribution is -0.195. The second-order valence-corrected chi connectivity index (χ2v) is 8.41. The maximum atomic E-state index is 12.9. The van der Waals surface area contributed by atoms with Crippen molar-refractivity contribution in [3.05, 3.63) is 65.5 Å². The van der Waals surface area contributed by atoms with Crippen LogP contribution in [-0.2, 0) is 15.0 Å². The highest BCUT2D eigenvalue weighted by atomic mass is 16.2. The van der Waals surface area contributed by atoms with Crippen molar-refractivity contribution in [1.29, 1.82) is 0 Å². The first kappa shape index (κ1) is 15.7. The van der Waals surface area contributed by atoms with Crippen molar-refractivity contribution in [2.24, 2.45) is 0 Å². The lowest BCUT2D eigenvalue weighted by Gasteiger charge is -2.73. The Morgan fingerprint density at radius 2 is 1.50 bits per heavy atom. The first-order valence-electron chi connectivity index (χ1n) is 9.34. The highest BCUT2D eigenvalue weighted by Gasteiger charge is 2.72. The van der Waals surface area contributed by atoms with Crippen LogP contribution in [0.1, 0.15) is 54.7 Å². The van der Waals surface area contributed by atoms with Gasteiger partial charge in [-0.05, 0) is 49.4 Å². The molecule has 132 valence electrons. The van der Waals surface area contributed by atoms with Gasteiger partial charge in [0.1, 0.15) is 0 Å².